The molecule has 6 heteroatoms. The second-order valence-corrected chi connectivity index (χ2v) is 6.16. The van der Waals surface area contributed by atoms with E-state index in [1.807, 2.05) is 48.5 Å². The highest BCUT2D eigenvalue weighted by Crippen LogP contribution is 2.27. The molecule has 0 amide bonds. The van der Waals surface area contributed by atoms with Crippen LogP contribution in [0.25, 0.3) is 11.4 Å². The summed E-state index contributed by atoms with van der Waals surface area (Å²) in [6.45, 7) is 0. The summed E-state index contributed by atoms with van der Waals surface area (Å²) >= 11 is 5.94. The predicted octanol–water partition coefficient (Wildman–Crippen LogP) is 4.51. The van der Waals surface area contributed by atoms with Gasteiger partial charge >= 0.3 is 0 Å². The Kier molecular flexibility index (Phi) is 4.01. The van der Waals surface area contributed by atoms with E-state index < -0.39 is 0 Å². The molecule has 0 unspecified atom stereocenters. The van der Waals surface area contributed by atoms with Crippen molar-refractivity contribution in [2.45, 2.75) is 18.9 Å². The molecule has 0 bridgehead atoms. The molecule has 2 heterocycles. The molecule has 0 radical (unpaired) electrons. The van der Waals surface area contributed by atoms with E-state index in [4.69, 9.17) is 11.6 Å². The second kappa shape index (κ2) is 6.45. The normalized spacial score (nSPS) is 13.5. The van der Waals surface area contributed by atoms with Crippen molar-refractivity contribution in [2.75, 3.05) is 10.6 Å². The number of aromatic nitrogens is 3. The molecule has 24 heavy (non-hydrogen) atoms. The molecule has 3 aromatic rings. The average molecular weight is 338 g/mol. The summed E-state index contributed by atoms with van der Waals surface area (Å²) in [5, 5.41) is 7.35. The van der Waals surface area contributed by atoms with Crippen LogP contribution in [0.1, 0.15) is 12.8 Å². The van der Waals surface area contributed by atoms with E-state index in [2.05, 4.69) is 25.6 Å². The highest BCUT2D eigenvalue weighted by molar-refractivity contribution is 6.30. The summed E-state index contributed by atoms with van der Waals surface area (Å²) in [7, 11) is 0. The lowest BCUT2D eigenvalue weighted by Crippen LogP contribution is -2.08. The van der Waals surface area contributed by atoms with Crippen LogP contribution in [0, 0.1) is 0 Å². The van der Waals surface area contributed by atoms with Gasteiger partial charge in [-0.1, -0.05) is 17.7 Å². The van der Waals surface area contributed by atoms with Crippen LogP contribution < -0.4 is 10.6 Å². The summed E-state index contributed by atoms with van der Waals surface area (Å²) in [5.41, 5.74) is 2.52. The van der Waals surface area contributed by atoms with Crippen molar-refractivity contribution >= 4 is 29.1 Å². The number of anilines is 3. The third-order valence-electron chi connectivity index (χ3n) is 3.68. The van der Waals surface area contributed by atoms with Gasteiger partial charge in [0.1, 0.15) is 5.82 Å². The third kappa shape index (κ3) is 3.63. The summed E-state index contributed by atoms with van der Waals surface area (Å²) in [6.07, 6.45) is 4.09. The molecule has 1 fully saturated rings. The number of halogens is 1. The van der Waals surface area contributed by atoms with Crippen molar-refractivity contribution in [3.05, 3.63) is 59.8 Å². The lowest BCUT2D eigenvalue weighted by molar-refractivity contribution is 1.05. The first-order chi connectivity index (χ1) is 11.8. The Hall–Kier alpha value is -2.66. The Morgan fingerprint density at radius 1 is 0.958 bits per heavy atom. The maximum Gasteiger partial charge on any atom is 0.225 e. The third-order valence-corrected chi connectivity index (χ3v) is 3.93. The average Bonchev–Trinajstić information content (AvgIpc) is 3.42. The number of nitrogens with zero attached hydrogens (tertiary/aromatic N) is 3. The van der Waals surface area contributed by atoms with E-state index in [-0.39, 0.29) is 0 Å². The Morgan fingerprint density at radius 3 is 2.50 bits per heavy atom. The topological polar surface area (TPSA) is 62.7 Å². The zero-order valence-electron chi connectivity index (χ0n) is 12.9. The molecule has 4 rings (SSSR count). The highest BCUT2D eigenvalue weighted by Gasteiger charge is 2.22. The first-order valence-electron chi connectivity index (χ1n) is 7.86. The van der Waals surface area contributed by atoms with Crippen molar-refractivity contribution in [3.63, 3.8) is 0 Å². The van der Waals surface area contributed by atoms with E-state index in [9.17, 15) is 0 Å². The zero-order valence-corrected chi connectivity index (χ0v) is 13.7. The van der Waals surface area contributed by atoms with Gasteiger partial charge in [0.25, 0.3) is 0 Å². The van der Waals surface area contributed by atoms with Gasteiger partial charge in [-0.3, -0.25) is 4.98 Å². The van der Waals surface area contributed by atoms with Crippen LogP contribution in [0.3, 0.4) is 0 Å². The fourth-order valence-electron chi connectivity index (χ4n) is 2.31. The second-order valence-electron chi connectivity index (χ2n) is 5.73. The van der Waals surface area contributed by atoms with Gasteiger partial charge in [0.15, 0.2) is 0 Å². The van der Waals surface area contributed by atoms with Crippen molar-refractivity contribution in [3.8, 4) is 11.4 Å². The number of benzene rings is 1. The van der Waals surface area contributed by atoms with Crippen LogP contribution in [0.15, 0.2) is 54.7 Å². The van der Waals surface area contributed by atoms with E-state index in [1.54, 1.807) is 6.20 Å². The maximum atomic E-state index is 5.94. The van der Waals surface area contributed by atoms with E-state index in [0.717, 1.165) is 35.7 Å². The minimum Gasteiger partial charge on any atom is -0.351 e. The number of hydrogen-bond donors (Lipinski definition) is 2. The largest absolute Gasteiger partial charge is 0.351 e. The SMILES string of the molecule is Clc1ccc(Nc2cc(-c3ccccn3)nc(NC3CC3)n2)cc1. The number of hydrogen-bond acceptors (Lipinski definition) is 5. The Morgan fingerprint density at radius 2 is 1.79 bits per heavy atom. The molecular formula is C18H16ClN5. The first-order valence-corrected chi connectivity index (χ1v) is 8.24. The van der Waals surface area contributed by atoms with Crippen LogP contribution in [0.5, 0.6) is 0 Å². The fraction of sp³-hybridized carbons (Fsp3) is 0.167. The van der Waals surface area contributed by atoms with E-state index in [1.165, 1.54) is 0 Å². The zero-order chi connectivity index (χ0) is 16.4. The van der Waals surface area contributed by atoms with Gasteiger partial charge in [-0.25, -0.2) is 4.98 Å². The van der Waals surface area contributed by atoms with Crippen LogP contribution in [0.4, 0.5) is 17.5 Å². The first kappa shape index (κ1) is 14.9. The Balaban J connectivity index is 1.67. The highest BCUT2D eigenvalue weighted by atomic mass is 35.5. The van der Waals surface area contributed by atoms with E-state index in [0.29, 0.717) is 17.0 Å². The van der Waals surface area contributed by atoms with Crippen LogP contribution in [0.2, 0.25) is 5.02 Å². The molecular weight excluding hydrogens is 322 g/mol. The van der Waals surface area contributed by atoms with Gasteiger partial charge in [-0.15, -0.1) is 0 Å². The molecule has 5 nitrogen and oxygen atoms in total. The molecule has 1 aliphatic carbocycles. The fourth-order valence-corrected chi connectivity index (χ4v) is 2.44. The standard InChI is InChI=1S/C18H16ClN5/c19-12-4-6-13(7-5-12)21-17-11-16(15-3-1-2-10-20-15)23-18(24-17)22-14-8-9-14/h1-7,10-11,14H,8-9H2,(H2,21,22,23,24). The van der Waals surface area contributed by atoms with Gasteiger partial charge in [-0.05, 0) is 49.2 Å². The van der Waals surface area contributed by atoms with Crippen LogP contribution in [-0.2, 0) is 0 Å². The summed E-state index contributed by atoms with van der Waals surface area (Å²) < 4.78 is 0. The van der Waals surface area contributed by atoms with Crippen molar-refractivity contribution < 1.29 is 0 Å². The molecule has 1 saturated carbocycles. The maximum absolute atomic E-state index is 5.94. The van der Waals surface area contributed by atoms with Crippen molar-refractivity contribution in [2.24, 2.45) is 0 Å². The van der Waals surface area contributed by atoms with Gasteiger partial charge < -0.3 is 10.6 Å². The van der Waals surface area contributed by atoms with Gasteiger partial charge in [0.2, 0.25) is 5.95 Å². The molecule has 0 spiro atoms. The number of nitrogens with one attached hydrogen (secondary N) is 2. The van der Waals surface area contributed by atoms with Crippen molar-refractivity contribution in [1.29, 1.82) is 0 Å². The minimum atomic E-state index is 0.479. The molecule has 1 aromatic carbocycles. The molecule has 2 aromatic heterocycles. The molecule has 0 atom stereocenters. The predicted molar refractivity (Wildman–Crippen MR) is 96.6 cm³/mol. The summed E-state index contributed by atoms with van der Waals surface area (Å²) in [5.74, 6) is 1.34. The molecule has 0 aliphatic heterocycles. The molecule has 2 N–H and O–H groups in total. The van der Waals surface area contributed by atoms with Gasteiger partial charge in [-0.2, -0.15) is 4.98 Å². The van der Waals surface area contributed by atoms with Crippen LogP contribution in [-0.4, -0.2) is 21.0 Å². The van der Waals surface area contributed by atoms with Crippen LogP contribution >= 0.6 is 11.6 Å². The molecule has 1 aliphatic rings. The number of rotatable bonds is 5. The molecule has 120 valence electrons. The summed E-state index contributed by atoms with van der Waals surface area (Å²) in [6, 6.07) is 15.7. The Bertz CT molecular complexity index is 832. The smallest absolute Gasteiger partial charge is 0.225 e. The lowest BCUT2D eigenvalue weighted by atomic mass is 10.2. The monoisotopic (exact) mass is 337 g/mol. The van der Waals surface area contributed by atoms with Gasteiger partial charge in [0, 0.05) is 29.0 Å². The summed E-state index contributed by atoms with van der Waals surface area (Å²) in [4.78, 5) is 13.5. The quantitative estimate of drug-likeness (QED) is 0.717. The minimum absolute atomic E-state index is 0.479. The molecule has 0 saturated heterocycles. The Labute approximate surface area is 145 Å². The lowest BCUT2D eigenvalue weighted by Gasteiger charge is -2.11. The van der Waals surface area contributed by atoms with Gasteiger partial charge in [0.05, 0.1) is 11.4 Å². The van der Waals surface area contributed by atoms with Crippen molar-refractivity contribution in [1.82, 2.24) is 15.0 Å². The number of pyridine rings is 1. The van der Waals surface area contributed by atoms with E-state index >= 15 is 0 Å².